The van der Waals surface area contributed by atoms with Crippen molar-refractivity contribution < 1.29 is 9.84 Å². The quantitative estimate of drug-likeness (QED) is 0.718. The molecule has 1 atom stereocenters. The highest BCUT2D eigenvalue weighted by molar-refractivity contribution is 5.24. The first-order valence-electron chi connectivity index (χ1n) is 3.98. The van der Waals surface area contributed by atoms with Gasteiger partial charge in [0, 0.05) is 17.8 Å². The molecule has 0 saturated heterocycles. The van der Waals surface area contributed by atoms with E-state index in [1.807, 2.05) is 0 Å². The molecule has 0 aliphatic rings. The van der Waals surface area contributed by atoms with Gasteiger partial charge in [-0.05, 0) is 18.6 Å². The predicted octanol–water partition coefficient (Wildman–Crippen LogP) is 1.70. The minimum Gasteiger partial charge on any atom is -0.481 e. The molecule has 0 aromatic carbocycles. The molecular weight excluding hydrogens is 166 g/mol. The molecule has 70 valence electrons. The van der Waals surface area contributed by atoms with E-state index in [1.54, 1.807) is 32.4 Å². The number of aliphatic hydroxyl groups is 1. The first kappa shape index (κ1) is 9.74. The summed E-state index contributed by atoms with van der Waals surface area (Å²) >= 11 is 0. The van der Waals surface area contributed by atoms with Crippen molar-refractivity contribution in [3.05, 3.63) is 36.0 Å². The Kier molecular flexibility index (Phi) is 3.03. The van der Waals surface area contributed by atoms with E-state index in [4.69, 9.17) is 4.74 Å². The zero-order valence-electron chi connectivity index (χ0n) is 7.82. The smallest absolute Gasteiger partial charge is 0.212 e. The summed E-state index contributed by atoms with van der Waals surface area (Å²) in [4.78, 5) is 3.98. The van der Waals surface area contributed by atoms with Gasteiger partial charge >= 0.3 is 0 Å². The van der Waals surface area contributed by atoms with Gasteiger partial charge < -0.3 is 9.84 Å². The highest BCUT2D eigenvalue weighted by atomic mass is 16.5. The number of aromatic nitrogens is 1. The predicted molar refractivity (Wildman–Crippen MR) is 50.6 cm³/mol. The van der Waals surface area contributed by atoms with E-state index in [2.05, 4.69) is 11.6 Å². The Morgan fingerprint density at radius 2 is 2.31 bits per heavy atom. The molecule has 3 heteroatoms. The molecule has 0 fully saturated rings. The molecule has 0 spiro atoms. The summed E-state index contributed by atoms with van der Waals surface area (Å²) in [7, 11) is 1.55. The van der Waals surface area contributed by atoms with Gasteiger partial charge in [0.15, 0.2) is 0 Å². The number of hydrogen-bond donors (Lipinski definition) is 1. The third kappa shape index (κ3) is 2.29. The van der Waals surface area contributed by atoms with Gasteiger partial charge in [-0.15, -0.1) is 0 Å². The van der Waals surface area contributed by atoms with E-state index >= 15 is 0 Å². The van der Waals surface area contributed by atoms with E-state index in [0.29, 0.717) is 11.5 Å². The third-order valence-electron chi connectivity index (χ3n) is 1.75. The van der Waals surface area contributed by atoms with Gasteiger partial charge in [-0.2, -0.15) is 0 Å². The highest BCUT2D eigenvalue weighted by Crippen LogP contribution is 2.19. The second kappa shape index (κ2) is 4.05. The number of ether oxygens (including phenoxy) is 1. The van der Waals surface area contributed by atoms with Crippen molar-refractivity contribution in [1.82, 2.24) is 4.98 Å². The highest BCUT2D eigenvalue weighted by Gasteiger charge is 2.07. The first-order valence-corrected chi connectivity index (χ1v) is 3.98. The Morgan fingerprint density at radius 1 is 1.62 bits per heavy atom. The maximum atomic E-state index is 9.58. The van der Waals surface area contributed by atoms with Crippen molar-refractivity contribution in [1.29, 1.82) is 0 Å². The molecule has 0 bridgehead atoms. The summed E-state index contributed by atoms with van der Waals surface area (Å²) in [6.07, 6.45) is 0.941. The standard InChI is InChI=1S/C10H13NO2/c1-7(2)10(12)8-4-5-9(13-3)11-6-8/h4-6,10,12H,1H2,2-3H3. The van der Waals surface area contributed by atoms with Crippen LogP contribution in [0.1, 0.15) is 18.6 Å². The lowest BCUT2D eigenvalue weighted by molar-refractivity contribution is 0.215. The van der Waals surface area contributed by atoms with Crippen LogP contribution in [-0.2, 0) is 0 Å². The number of aliphatic hydroxyl groups excluding tert-OH is 1. The van der Waals surface area contributed by atoms with Crippen molar-refractivity contribution in [3.63, 3.8) is 0 Å². The van der Waals surface area contributed by atoms with Crippen LogP contribution in [0.4, 0.5) is 0 Å². The van der Waals surface area contributed by atoms with Gasteiger partial charge in [0.05, 0.1) is 7.11 Å². The lowest BCUT2D eigenvalue weighted by atomic mass is 10.1. The minimum atomic E-state index is -0.640. The molecular formula is C10H13NO2. The molecule has 0 saturated carbocycles. The minimum absolute atomic E-state index is 0.540. The van der Waals surface area contributed by atoms with Crippen LogP contribution in [0.15, 0.2) is 30.5 Å². The molecule has 1 heterocycles. The molecule has 1 aromatic rings. The number of pyridine rings is 1. The molecule has 1 unspecified atom stereocenters. The Morgan fingerprint density at radius 3 is 2.69 bits per heavy atom. The van der Waals surface area contributed by atoms with Crippen molar-refractivity contribution in [2.75, 3.05) is 7.11 Å². The molecule has 1 aromatic heterocycles. The second-order valence-corrected chi connectivity index (χ2v) is 2.88. The number of rotatable bonds is 3. The SMILES string of the molecule is C=C(C)C(O)c1ccc(OC)nc1. The van der Waals surface area contributed by atoms with Gasteiger partial charge in [0.2, 0.25) is 5.88 Å². The first-order chi connectivity index (χ1) is 6.15. The number of nitrogens with zero attached hydrogens (tertiary/aromatic N) is 1. The van der Waals surface area contributed by atoms with Crippen LogP contribution >= 0.6 is 0 Å². The van der Waals surface area contributed by atoms with Crippen LogP contribution < -0.4 is 4.74 Å². The topological polar surface area (TPSA) is 42.4 Å². The van der Waals surface area contributed by atoms with E-state index in [1.165, 1.54) is 0 Å². The fraction of sp³-hybridized carbons (Fsp3) is 0.300. The lowest BCUT2D eigenvalue weighted by Gasteiger charge is -2.09. The Bertz CT molecular complexity index is 292. The van der Waals surface area contributed by atoms with E-state index in [9.17, 15) is 5.11 Å². The molecule has 13 heavy (non-hydrogen) atoms. The van der Waals surface area contributed by atoms with Crippen LogP contribution in [0.2, 0.25) is 0 Å². The summed E-state index contributed by atoms with van der Waals surface area (Å²) in [6, 6.07) is 3.48. The summed E-state index contributed by atoms with van der Waals surface area (Å²) in [5.74, 6) is 0.540. The lowest BCUT2D eigenvalue weighted by Crippen LogP contribution is -1.98. The Balaban J connectivity index is 2.85. The summed E-state index contributed by atoms with van der Waals surface area (Å²) < 4.78 is 4.89. The van der Waals surface area contributed by atoms with Crippen LogP contribution in [0.3, 0.4) is 0 Å². The van der Waals surface area contributed by atoms with Gasteiger partial charge in [-0.25, -0.2) is 4.98 Å². The molecule has 0 radical (unpaired) electrons. The van der Waals surface area contributed by atoms with Crippen molar-refractivity contribution in [2.24, 2.45) is 0 Å². The van der Waals surface area contributed by atoms with Crippen LogP contribution in [0, 0.1) is 0 Å². The maximum Gasteiger partial charge on any atom is 0.212 e. The molecule has 0 aliphatic carbocycles. The maximum absolute atomic E-state index is 9.58. The monoisotopic (exact) mass is 179 g/mol. The largest absolute Gasteiger partial charge is 0.481 e. The average Bonchev–Trinajstić information content (AvgIpc) is 2.17. The average molecular weight is 179 g/mol. The van der Waals surface area contributed by atoms with Gasteiger partial charge in [-0.3, -0.25) is 0 Å². The van der Waals surface area contributed by atoms with Crippen molar-refractivity contribution in [2.45, 2.75) is 13.0 Å². The Labute approximate surface area is 77.7 Å². The van der Waals surface area contributed by atoms with E-state index < -0.39 is 6.10 Å². The van der Waals surface area contributed by atoms with Gasteiger partial charge in [0.1, 0.15) is 6.10 Å². The summed E-state index contributed by atoms with van der Waals surface area (Å²) in [5, 5.41) is 9.58. The van der Waals surface area contributed by atoms with Gasteiger partial charge in [-0.1, -0.05) is 6.58 Å². The fourth-order valence-electron chi connectivity index (χ4n) is 0.959. The third-order valence-corrected chi connectivity index (χ3v) is 1.75. The van der Waals surface area contributed by atoms with E-state index in [0.717, 1.165) is 5.56 Å². The zero-order chi connectivity index (χ0) is 9.84. The van der Waals surface area contributed by atoms with Gasteiger partial charge in [0.25, 0.3) is 0 Å². The summed E-state index contributed by atoms with van der Waals surface area (Å²) in [5.41, 5.74) is 1.43. The molecule has 0 aliphatic heterocycles. The Hall–Kier alpha value is -1.35. The van der Waals surface area contributed by atoms with Crippen LogP contribution in [0.5, 0.6) is 5.88 Å². The van der Waals surface area contributed by atoms with Crippen molar-refractivity contribution in [3.8, 4) is 5.88 Å². The fourth-order valence-corrected chi connectivity index (χ4v) is 0.959. The molecule has 1 N–H and O–H groups in total. The van der Waals surface area contributed by atoms with Crippen LogP contribution in [0.25, 0.3) is 0 Å². The normalized spacial score (nSPS) is 12.2. The second-order valence-electron chi connectivity index (χ2n) is 2.88. The van der Waals surface area contributed by atoms with E-state index in [-0.39, 0.29) is 0 Å². The molecule has 0 amide bonds. The number of methoxy groups -OCH3 is 1. The van der Waals surface area contributed by atoms with Crippen molar-refractivity contribution >= 4 is 0 Å². The number of hydrogen-bond acceptors (Lipinski definition) is 3. The molecule has 1 rings (SSSR count). The zero-order valence-corrected chi connectivity index (χ0v) is 7.82. The molecule has 3 nitrogen and oxygen atoms in total. The van der Waals surface area contributed by atoms with Crippen LogP contribution in [-0.4, -0.2) is 17.2 Å². The summed E-state index contributed by atoms with van der Waals surface area (Å²) in [6.45, 7) is 5.44.